The van der Waals surface area contributed by atoms with Crippen molar-refractivity contribution in [2.24, 2.45) is 0 Å². The summed E-state index contributed by atoms with van der Waals surface area (Å²) in [4.78, 5) is 12.6. The number of nitriles is 1. The Morgan fingerprint density at radius 3 is 2.48 bits per heavy atom. The van der Waals surface area contributed by atoms with Gasteiger partial charge in [0.05, 0.1) is 17.3 Å². The molecule has 3 rings (SSSR count). The van der Waals surface area contributed by atoms with Gasteiger partial charge in [0.1, 0.15) is 18.2 Å². The Labute approximate surface area is 203 Å². The van der Waals surface area contributed by atoms with E-state index in [1.54, 1.807) is 30.3 Å². The predicted molar refractivity (Wildman–Crippen MR) is 132 cm³/mol. The van der Waals surface area contributed by atoms with Crippen molar-refractivity contribution in [3.05, 3.63) is 93.0 Å². The molecule has 0 unspecified atom stereocenters. The molecular weight excluding hydrogens is 459 g/mol. The summed E-state index contributed by atoms with van der Waals surface area (Å²) in [5, 5.41) is 12.9. The Morgan fingerprint density at radius 1 is 1.03 bits per heavy atom. The molecule has 0 spiro atoms. The lowest BCUT2D eigenvalue weighted by Gasteiger charge is -2.13. The summed E-state index contributed by atoms with van der Waals surface area (Å²) in [6.07, 6.45) is 1.47. The number of ether oxygens (including phenoxy) is 2. The number of nitrogens with one attached hydrogen (secondary N) is 1. The highest BCUT2D eigenvalue weighted by Gasteiger charge is 2.13. The average Bonchev–Trinajstić information content (AvgIpc) is 2.80. The second-order valence-corrected chi connectivity index (χ2v) is 8.01. The molecule has 7 heteroatoms. The number of benzene rings is 3. The van der Waals surface area contributed by atoms with Crippen molar-refractivity contribution in [2.45, 2.75) is 20.5 Å². The summed E-state index contributed by atoms with van der Waals surface area (Å²) in [5.41, 5.74) is 3.06. The first-order valence-corrected chi connectivity index (χ1v) is 11.0. The lowest BCUT2D eigenvalue weighted by molar-refractivity contribution is -0.112. The Bertz CT molecular complexity index is 1220. The second-order valence-electron chi connectivity index (χ2n) is 7.16. The molecule has 1 amide bonds. The van der Waals surface area contributed by atoms with Gasteiger partial charge in [-0.2, -0.15) is 5.26 Å². The molecule has 0 heterocycles. The smallest absolute Gasteiger partial charge is 0.266 e. The summed E-state index contributed by atoms with van der Waals surface area (Å²) in [6, 6.07) is 19.9. The van der Waals surface area contributed by atoms with E-state index >= 15 is 0 Å². The molecule has 0 saturated heterocycles. The van der Waals surface area contributed by atoms with Gasteiger partial charge in [-0.15, -0.1) is 0 Å². The van der Waals surface area contributed by atoms with Crippen LogP contribution in [0.15, 0.2) is 66.2 Å². The molecule has 0 radical (unpaired) electrons. The number of hydrogen-bond donors (Lipinski definition) is 1. The van der Waals surface area contributed by atoms with Crippen LogP contribution in [-0.4, -0.2) is 12.5 Å². The van der Waals surface area contributed by atoms with Gasteiger partial charge in [-0.1, -0.05) is 59.1 Å². The molecule has 0 atom stereocenters. The fraction of sp³-hybridized carbons (Fsp3) is 0.154. The maximum Gasteiger partial charge on any atom is 0.266 e. The summed E-state index contributed by atoms with van der Waals surface area (Å²) < 4.78 is 11.7. The molecule has 0 aliphatic carbocycles. The first-order chi connectivity index (χ1) is 15.9. The molecule has 1 N–H and O–H groups in total. The Kier molecular flexibility index (Phi) is 8.37. The van der Waals surface area contributed by atoms with Gasteiger partial charge in [-0.25, -0.2) is 0 Å². The number of carbonyl (C=O) groups excluding carboxylic acids is 1. The van der Waals surface area contributed by atoms with E-state index in [1.165, 1.54) is 17.7 Å². The lowest BCUT2D eigenvalue weighted by Crippen LogP contribution is -2.13. The van der Waals surface area contributed by atoms with Crippen LogP contribution in [0.4, 0.5) is 5.69 Å². The third-order valence-electron chi connectivity index (χ3n) is 4.64. The zero-order chi connectivity index (χ0) is 23.8. The summed E-state index contributed by atoms with van der Waals surface area (Å²) >= 11 is 12.1. The van der Waals surface area contributed by atoms with Gasteiger partial charge in [-0.3, -0.25) is 4.79 Å². The van der Waals surface area contributed by atoms with Gasteiger partial charge >= 0.3 is 0 Å². The number of nitrogens with zero attached hydrogens (tertiary/aromatic N) is 1. The summed E-state index contributed by atoms with van der Waals surface area (Å²) in [7, 11) is 0. The van der Waals surface area contributed by atoms with Crippen molar-refractivity contribution in [3.8, 4) is 17.6 Å². The summed E-state index contributed by atoms with van der Waals surface area (Å²) in [6.45, 7) is 4.73. The van der Waals surface area contributed by atoms with Gasteiger partial charge in [-0.05, 0) is 61.4 Å². The summed E-state index contributed by atoms with van der Waals surface area (Å²) in [5.74, 6) is 0.497. The zero-order valence-corrected chi connectivity index (χ0v) is 19.7. The normalized spacial score (nSPS) is 10.9. The van der Waals surface area contributed by atoms with Gasteiger partial charge in [0.15, 0.2) is 11.5 Å². The number of rotatable bonds is 8. The monoisotopic (exact) mass is 480 g/mol. The van der Waals surface area contributed by atoms with Crippen LogP contribution in [0.2, 0.25) is 10.0 Å². The van der Waals surface area contributed by atoms with E-state index in [1.807, 2.05) is 44.2 Å². The Morgan fingerprint density at radius 2 is 1.79 bits per heavy atom. The van der Waals surface area contributed by atoms with Crippen molar-refractivity contribution in [3.63, 3.8) is 0 Å². The third-order valence-corrected chi connectivity index (χ3v) is 5.20. The topological polar surface area (TPSA) is 71.3 Å². The van der Waals surface area contributed by atoms with Crippen molar-refractivity contribution in [1.29, 1.82) is 5.26 Å². The number of aryl methyl sites for hydroxylation is 1. The van der Waals surface area contributed by atoms with Crippen LogP contribution >= 0.6 is 23.2 Å². The molecule has 0 fully saturated rings. The van der Waals surface area contributed by atoms with Gasteiger partial charge in [0, 0.05) is 5.02 Å². The Hall–Kier alpha value is -3.46. The molecule has 33 heavy (non-hydrogen) atoms. The fourth-order valence-corrected chi connectivity index (χ4v) is 3.28. The molecule has 0 aliphatic heterocycles. The van der Waals surface area contributed by atoms with Crippen LogP contribution in [0.1, 0.15) is 23.6 Å². The second kappa shape index (κ2) is 11.4. The van der Waals surface area contributed by atoms with E-state index in [-0.39, 0.29) is 5.57 Å². The van der Waals surface area contributed by atoms with Gasteiger partial charge < -0.3 is 14.8 Å². The highest BCUT2D eigenvalue weighted by Crippen LogP contribution is 2.31. The Balaban J connectivity index is 1.79. The molecular formula is C26H22Cl2N2O3. The minimum atomic E-state index is -0.598. The maximum absolute atomic E-state index is 12.6. The zero-order valence-electron chi connectivity index (χ0n) is 18.2. The van der Waals surface area contributed by atoms with Crippen LogP contribution in [0.3, 0.4) is 0 Å². The average molecular weight is 481 g/mol. The molecule has 168 valence electrons. The first kappa shape index (κ1) is 24.2. The third kappa shape index (κ3) is 6.76. The largest absolute Gasteiger partial charge is 0.490 e. The van der Waals surface area contributed by atoms with Crippen LogP contribution in [0.25, 0.3) is 6.08 Å². The standard InChI is InChI=1S/C26H22Cl2N2O3/c1-3-32-25-13-19(8-11-24(25)33-16-18-6-4-17(2)5-7-18)12-20(15-29)26(31)30-23-14-21(27)9-10-22(23)28/h4-14H,3,16H2,1-2H3,(H,30,31)/b20-12+. The van der Waals surface area contributed by atoms with Crippen molar-refractivity contribution in [1.82, 2.24) is 0 Å². The van der Waals surface area contributed by atoms with Crippen LogP contribution < -0.4 is 14.8 Å². The van der Waals surface area contributed by atoms with E-state index in [2.05, 4.69) is 5.32 Å². The van der Waals surface area contributed by atoms with Crippen molar-refractivity contribution < 1.29 is 14.3 Å². The van der Waals surface area contributed by atoms with Crippen LogP contribution in [-0.2, 0) is 11.4 Å². The van der Waals surface area contributed by atoms with Gasteiger partial charge in [0.25, 0.3) is 5.91 Å². The van der Waals surface area contributed by atoms with Crippen molar-refractivity contribution >= 4 is 40.9 Å². The number of halogens is 2. The molecule has 0 aliphatic rings. The molecule has 0 saturated carbocycles. The maximum atomic E-state index is 12.6. The molecule has 3 aromatic carbocycles. The fourth-order valence-electron chi connectivity index (χ4n) is 2.95. The minimum Gasteiger partial charge on any atom is -0.490 e. The molecule has 5 nitrogen and oxygen atoms in total. The van der Waals surface area contributed by atoms with E-state index in [0.29, 0.717) is 46.0 Å². The number of carbonyl (C=O) groups is 1. The number of anilines is 1. The number of hydrogen-bond acceptors (Lipinski definition) is 4. The van der Waals surface area contributed by atoms with Crippen LogP contribution in [0.5, 0.6) is 11.5 Å². The van der Waals surface area contributed by atoms with E-state index in [4.69, 9.17) is 32.7 Å². The highest BCUT2D eigenvalue weighted by molar-refractivity contribution is 6.36. The first-order valence-electron chi connectivity index (χ1n) is 10.2. The van der Waals surface area contributed by atoms with E-state index in [9.17, 15) is 10.1 Å². The molecule has 3 aromatic rings. The lowest BCUT2D eigenvalue weighted by atomic mass is 10.1. The van der Waals surface area contributed by atoms with E-state index in [0.717, 1.165) is 5.56 Å². The minimum absolute atomic E-state index is 0.0955. The molecule has 0 aromatic heterocycles. The van der Waals surface area contributed by atoms with Gasteiger partial charge in [0.2, 0.25) is 0 Å². The van der Waals surface area contributed by atoms with E-state index < -0.39 is 5.91 Å². The van der Waals surface area contributed by atoms with Crippen LogP contribution in [0, 0.1) is 18.3 Å². The quantitative estimate of drug-likeness (QED) is 0.283. The predicted octanol–water partition coefficient (Wildman–Crippen LogP) is 6.83. The molecule has 0 bridgehead atoms. The van der Waals surface area contributed by atoms with Crippen molar-refractivity contribution in [2.75, 3.05) is 11.9 Å². The SMILES string of the molecule is CCOc1cc(/C=C(\C#N)C(=O)Nc2cc(Cl)ccc2Cl)ccc1OCc1ccc(C)cc1. The number of amides is 1. The highest BCUT2D eigenvalue weighted by atomic mass is 35.5.